The van der Waals surface area contributed by atoms with E-state index in [4.69, 9.17) is 23.2 Å². The fourth-order valence-electron chi connectivity index (χ4n) is 2.11. The van der Waals surface area contributed by atoms with E-state index in [0.717, 1.165) is 11.1 Å². The number of amides is 1. The summed E-state index contributed by atoms with van der Waals surface area (Å²) in [6, 6.07) is 11.0. The van der Waals surface area contributed by atoms with Gasteiger partial charge in [-0.2, -0.15) is 0 Å². The van der Waals surface area contributed by atoms with Crippen LogP contribution in [0.4, 0.5) is 0 Å². The fraction of sp³-hybridized carbons (Fsp3) is 0.263. The molecule has 2 N–H and O–H groups in total. The van der Waals surface area contributed by atoms with Crippen molar-refractivity contribution in [2.24, 2.45) is 0 Å². The predicted octanol–water partition coefficient (Wildman–Crippen LogP) is 4.75. The number of hydrogen-bond acceptors (Lipinski definition) is 2. The van der Waals surface area contributed by atoms with Crippen molar-refractivity contribution in [2.75, 3.05) is 0 Å². The highest BCUT2D eigenvalue weighted by molar-refractivity contribution is 6.39. The largest absolute Gasteiger partial charge is 0.480 e. The van der Waals surface area contributed by atoms with Gasteiger partial charge in [-0.25, -0.2) is 4.79 Å². The molecule has 0 fully saturated rings. The van der Waals surface area contributed by atoms with Crippen molar-refractivity contribution in [3.63, 3.8) is 0 Å². The molecule has 0 spiro atoms. The summed E-state index contributed by atoms with van der Waals surface area (Å²) in [6.07, 6.45) is 0.170. The minimum absolute atomic E-state index is 0.0750. The van der Waals surface area contributed by atoms with Crippen LogP contribution >= 0.6 is 23.2 Å². The number of hydrogen-bond donors (Lipinski definition) is 2. The normalized spacial score (nSPS) is 11.1. The lowest BCUT2D eigenvalue weighted by Crippen LogP contribution is -2.42. The van der Waals surface area contributed by atoms with Crippen LogP contribution in [0.3, 0.4) is 0 Å². The molecule has 0 aliphatic rings. The van der Waals surface area contributed by atoms with Crippen molar-refractivity contribution < 1.29 is 14.7 Å². The van der Waals surface area contributed by atoms with Crippen LogP contribution in [0.15, 0.2) is 42.5 Å². The summed E-state index contributed by atoms with van der Waals surface area (Å²) >= 11 is 11.9. The maximum absolute atomic E-state index is 12.3. The summed E-state index contributed by atoms with van der Waals surface area (Å²) in [5.74, 6) is -1.73. The number of carboxylic acids is 1. The third-order valence-electron chi connectivity index (χ3n) is 3.35. The number of aliphatic carboxylic acids is 1. The number of nitrogens with one attached hydrogen (secondary N) is 1. The second-order valence-corrected chi connectivity index (χ2v) is 5.97. The molecule has 1 unspecified atom stereocenters. The second-order valence-electron chi connectivity index (χ2n) is 5.15. The third kappa shape index (κ3) is 6.07. The van der Waals surface area contributed by atoms with Gasteiger partial charge in [0.1, 0.15) is 6.04 Å². The number of carboxylic acid groups (broad SMARTS) is 1. The summed E-state index contributed by atoms with van der Waals surface area (Å²) in [4.78, 5) is 23.7. The minimum Gasteiger partial charge on any atom is -0.480 e. The topological polar surface area (TPSA) is 66.4 Å². The minimum atomic E-state index is -1.12. The van der Waals surface area contributed by atoms with Gasteiger partial charge < -0.3 is 10.4 Å². The molecule has 0 aromatic heterocycles. The predicted molar refractivity (Wildman–Crippen MR) is 102 cm³/mol. The van der Waals surface area contributed by atoms with Crippen molar-refractivity contribution in [1.29, 1.82) is 0 Å². The zero-order valence-corrected chi connectivity index (χ0v) is 15.9. The summed E-state index contributed by atoms with van der Waals surface area (Å²) in [6.45, 7) is 5.94. The first-order chi connectivity index (χ1) is 11.9. The van der Waals surface area contributed by atoms with Crippen molar-refractivity contribution in [2.45, 2.75) is 33.2 Å². The van der Waals surface area contributed by atoms with Gasteiger partial charge in [-0.1, -0.05) is 72.9 Å². The Labute approximate surface area is 157 Å². The maximum atomic E-state index is 12.3. The number of carbonyl (C=O) groups excluding carboxylic acids is 1. The SMILES string of the molecule is CC.Cc1ccc(CC(NC(=O)c2c(Cl)cccc2Cl)C(=O)O)cc1. The molecular weight excluding hydrogens is 361 g/mol. The molecule has 2 rings (SSSR count). The van der Waals surface area contributed by atoms with Gasteiger partial charge in [0.25, 0.3) is 5.91 Å². The van der Waals surface area contributed by atoms with E-state index in [9.17, 15) is 14.7 Å². The molecule has 1 atom stereocenters. The van der Waals surface area contributed by atoms with Gasteiger partial charge in [0, 0.05) is 6.42 Å². The van der Waals surface area contributed by atoms with Crippen LogP contribution in [0, 0.1) is 6.92 Å². The smallest absolute Gasteiger partial charge is 0.326 e. The Morgan fingerprint density at radius 2 is 1.56 bits per heavy atom. The van der Waals surface area contributed by atoms with Crippen molar-refractivity contribution in [1.82, 2.24) is 5.32 Å². The average Bonchev–Trinajstić information content (AvgIpc) is 2.57. The number of aryl methyl sites for hydroxylation is 1. The van der Waals surface area contributed by atoms with Crippen LogP contribution in [0.5, 0.6) is 0 Å². The average molecular weight is 382 g/mol. The van der Waals surface area contributed by atoms with E-state index in [1.807, 2.05) is 45.0 Å². The third-order valence-corrected chi connectivity index (χ3v) is 3.98. The molecule has 0 bridgehead atoms. The van der Waals surface area contributed by atoms with E-state index < -0.39 is 17.9 Å². The highest BCUT2D eigenvalue weighted by atomic mass is 35.5. The van der Waals surface area contributed by atoms with E-state index in [2.05, 4.69) is 5.32 Å². The molecule has 0 saturated heterocycles. The number of rotatable bonds is 5. The molecule has 2 aromatic rings. The highest BCUT2D eigenvalue weighted by Crippen LogP contribution is 2.24. The van der Waals surface area contributed by atoms with Gasteiger partial charge in [-0.05, 0) is 24.6 Å². The number of carbonyl (C=O) groups is 2. The molecule has 6 heteroatoms. The van der Waals surface area contributed by atoms with Gasteiger partial charge in [0.15, 0.2) is 0 Å². The monoisotopic (exact) mass is 381 g/mol. The Morgan fingerprint density at radius 1 is 1.04 bits per heavy atom. The van der Waals surface area contributed by atoms with E-state index >= 15 is 0 Å². The lowest BCUT2D eigenvalue weighted by molar-refractivity contribution is -0.139. The van der Waals surface area contributed by atoms with Gasteiger partial charge in [-0.3, -0.25) is 4.79 Å². The van der Waals surface area contributed by atoms with E-state index in [1.165, 1.54) is 12.1 Å². The Bertz CT molecular complexity index is 710. The zero-order chi connectivity index (χ0) is 19.0. The van der Waals surface area contributed by atoms with Crippen LogP contribution in [-0.2, 0) is 11.2 Å². The quantitative estimate of drug-likeness (QED) is 0.784. The van der Waals surface area contributed by atoms with Crippen molar-refractivity contribution in [3.8, 4) is 0 Å². The van der Waals surface area contributed by atoms with Gasteiger partial charge >= 0.3 is 5.97 Å². The summed E-state index contributed by atoms with van der Waals surface area (Å²) in [5.41, 5.74) is 1.96. The zero-order valence-electron chi connectivity index (χ0n) is 14.3. The Kier molecular flexibility index (Phi) is 8.46. The second kappa shape index (κ2) is 10.1. The molecule has 134 valence electrons. The summed E-state index contributed by atoms with van der Waals surface area (Å²) in [5, 5.41) is 12.2. The van der Waals surface area contributed by atoms with E-state index in [0.29, 0.717) is 0 Å². The molecular formula is C19H21Cl2NO3. The van der Waals surface area contributed by atoms with Gasteiger partial charge in [0.2, 0.25) is 0 Å². The molecule has 0 saturated carbocycles. The van der Waals surface area contributed by atoms with Crippen molar-refractivity contribution in [3.05, 3.63) is 69.2 Å². The number of benzene rings is 2. The standard InChI is InChI=1S/C17H15Cl2NO3.C2H6/c1-10-5-7-11(8-6-10)9-14(17(22)23)20-16(21)15-12(18)3-2-4-13(15)19;1-2/h2-8,14H,9H2,1H3,(H,20,21)(H,22,23);1-2H3. The van der Waals surface area contributed by atoms with Crippen LogP contribution in [0.25, 0.3) is 0 Å². The maximum Gasteiger partial charge on any atom is 0.326 e. The molecule has 25 heavy (non-hydrogen) atoms. The van der Waals surface area contributed by atoms with Crippen LogP contribution in [0.2, 0.25) is 10.0 Å². The fourth-order valence-corrected chi connectivity index (χ4v) is 2.67. The molecule has 0 aliphatic carbocycles. The number of halogens is 2. The molecule has 4 nitrogen and oxygen atoms in total. The van der Waals surface area contributed by atoms with Gasteiger partial charge in [0.05, 0.1) is 15.6 Å². The lowest BCUT2D eigenvalue weighted by atomic mass is 10.0. The summed E-state index contributed by atoms with van der Waals surface area (Å²) < 4.78 is 0. The highest BCUT2D eigenvalue weighted by Gasteiger charge is 2.23. The molecule has 1 amide bonds. The molecule has 0 heterocycles. The Hall–Kier alpha value is -2.04. The first-order valence-corrected chi connectivity index (χ1v) is 8.67. The molecule has 0 aliphatic heterocycles. The van der Waals surface area contributed by atoms with Gasteiger partial charge in [-0.15, -0.1) is 0 Å². The van der Waals surface area contributed by atoms with Crippen LogP contribution in [0.1, 0.15) is 35.3 Å². The van der Waals surface area contributed by atoms with E-state index in [-0.39, 0.29) is 22.0 Å². The first kappa shape index (κ1) is 21.0. The lowest BCUT2D eigenvalue weighted by Gasteiger charge is -2.16. The Balaban J connectivity index is 0.00000151. The Morgan fingerprint density at radius 3 is 2.04 bits per heavy atom. The summed E-state index contributed by atoms with van der Waals surface area (Å²) in [7, 11) is 0. The molecule has 2 aromatic carbocycles. The van der Waals surface area contributed by atoms with Crippen LogP contribution in [-0.4, -0.2) is 23.0 Å². The van der Waals surface area contributed by atoms with E-state index in [1.54, 1.807) is 6.07 Å². The first-order valence-electron chi connectivity index (χ1n) is 7.91. The molecule has 0 radical (unpaired) electrons. The van der Waals surface area contributed by atoms with Crippen LogP contribution < -0.4 is 5.32 Å². The van der Waals surface area contributed by atoms with Crippen molar-refractivity contribution >= 4 is 35.1 Å².